The van der Waals surface area contributed by atoms with Crippen molar-refractivity contribution in [3.8, 4) is 11.5 Å². The average Bonchev–Trinajstić information content (AvgIpc) is 2.53. The van der Waals surface area contributed by atoms with Crippen LogP contribution in [0.3, 0.4) is 0 Å². The fourth-order valence-electron chi connectivity index (χ4n) is 2.45. The normalized spacial score (nSPS) is 12.0. The van der Waals surface area contributed by atoms with Crippen LogP contribution in [-0.2, 0) is 6.42 Å². The molecule has 0 aliphatic carbocycles. The third-order valence-electron chi connectivity index (χ3n) is 3.60. The molecule has 0 fully saturated rings. The molecule has 2 N–H and O–H groups in total. The topological polar surface area (TPSA) is 44.5 Å². The minimum Gasteiger partial charge on any atom is -0.493 e. The van der Waals surface area contributed by atoms with E-state index in [1.54, 1.807) is 14.2 Å². The van der Waals surface area contributed by atoms with E-state index < -0.39 is 0 Å². The second-order valence-electron chi connectivity index (χ2n) is 5.00. The first-order valence-corrected chi connectivity index (χ1v) is 7.70. The summed E-state index contributed by atoms with van der Waals surface area (Å²) in [6.45, 7) is 0.535. The van der Waals surface area contributed by atoms with Crippen LogP contribution in [-0.4, -0.2) is 20.8 Å². The summed E-state index contributed by atoms with van der Waals surface area (Å²) in [5.41, 5.74) is 8.13. The van der Waals surface area contributed by atoms with Crippen molar-refractivity contribution in [2.75, 3.05) is 20.8 Å². The van der Waals surface area contributed by atoms with Crippen molar-refractivity contribution in [3.05, 3.63) is 57.6 Å². The highest BCUT2D eigenvalue weighted by molar-refractivity contribution is 6.32. The van der Waals surface area contributed by atoms with E-state index in [1.807, 2.05) is 36.4 Å². The van der Waals surface area contributed by atoms with Crippen LogP contribution in [0.25, 0.3) is 0 Å². The Labute approximate surface area is 140 Å². The second-order valence-corrected chi connectivity index (χ2v) is 5.85. The predicted octanol–water partition coefficient (Wildman–Crippen LogP) is 4.30. The number of hydrogen-bond donors (Lipinski definition) is 1. The van der Waals surface area contributed by atoms with Crippen molar-refractivity contribution in [1.29, 1.82) is 0 Å². The third kappa shape index (κ3) is 3.86. The van der Waals surface area contributed by atoms with Crippen molar-refractivity contribution < 1.29 is 9.47 Å². The fraction of sp³-hybridized carbons (Fsp3) is 0.294. The van der Waals surface area contributed by atoms with Gasteiger partial charge < -0.3 is 15.2 Å². The molecule has 1 atom stereocenters. The number of nitrogens with two attached hydrogens (primary N) is 1. The maximum Gasteiger partial charge on any atom is 0.179 e. The molecule has 0 aliphatic rings. The molecule has 0 spiro atoms. The van der Waals surface area contributed by atoms with Crippen LogP contribution in [0.5, 0.6) is 11.5 Å². The molecular formula is C17H19Cl2NO2. The Morgan fingerprint density at radius 2 is 1.73 bits per heavy atom. The first kappa shape index (κ1) is 16.9. The molecule has 0 heterocycles. The highest BCUT2D eigenvalue weighted by Gasteiger charge is 2.15. The molecule has 118 valence electrons. The molecule has 0 amide bonds. The summed E-state index contributed by atoms with van der Waals surface area (Å²) < 4.78 is 10.6. The number of hydrogen-bond acceptors (Lipinski definition) is 3. The molecule has 0 bridgehead atoms. The lowest BCUT2D eigenvalue weighted by atomic mass is 9.92. The number of halogens is 2. The first-order valence-electron chi connectivity index (χ1n) is 6.95. The Bertz CT molecular complexity index is 629. The van der Waals surface area contributed by atoms with Crippen LogP contribution < -0.4 is 15.2 Å². The zero-order valence-electron chi connectivity index (χ0n) is 12.6. The van der Waals surface area contributed by atoms with Gasteiger partial charge in [-0.15, -0.1) is 0 Å². The highest BCUT2D eigenvalue weighted by atomic mass is 35.5. The summed E-state index contributed by atoms with van der Waals surface area (Å²) >= 11 is 12.2. The molecule has 5 heteroatoms. The highest BCUT2D eigenvalue weighted by Crippen LogP contribution is 2.37. The van der Waals surface area contributed by atoms with Gasteiger partial charge in [-0.3, -0.25) is 0 Å². The lowest BCUT2D eigenvalue weighted by molar-refractivity contribution is 0.354. The quantitative estimate of drug-likeness (QED) is 0.853. The van der Waals surface area contributed by atoms with E-state index in [9.17, 15) is 0 Å². The van der Waals surface area contributed by atoms with Gasteiger partial charge in [0.1, 0.15) is 0 Å². The van der Waals surface area contributed by atoms with E-state index in [1.165, 1.54) is 0 Å². The molecule has 0 saturated heterocycles. The van der Waals surface area contributed by atoms with Gasteiger partial charge in [0.05, 0.1) is 19.2 Å². The summed E-state index contributed by atoms with van der Waals surface area (Å²) in [5.74, 6) is 1.35. The standard InChI is InChI=1S/C17H19Cl2NO2/c1-21-16-9-11(8-15(19)17(16)22-2)7-13(10-20)12-3-5-14(18)6-4-12/h3-6,8-9,13H,7,10,20H2,1-2H3. The van der Waals surface area contributed by atoms with E-state index in [-0.39, 0.29) is 5.92 Å². The van der Waals surface area contributed by atoms with Crippen molar-refractivity contribution >= 4 is 23.2 Å². The van der Waals surface area contributed by atoms with Crippen LogP contribution in [0.2, 0.25) is 10.0 Å². The maximum absolute atomic E-state index is 6.25. The minimum atomic E-state index is 0.187. The van der Waals surface area contributed by atoms with Gasteiger partial charge in [0, 0.05) is 10.9 Å². The van der Waals surface area contributed by atoms with Gasteiger partial charge in [-0.2, -0.15) is 0 Å². The van der Waals surface area contributed by atoms with Crippen LogP contribution in [0.4, 0.5) is 0 Å². The molecule has 0 saturated carbocycles. The van der Waals surface area contributed by atoms with E-state index in [4.69, 9.17) is 38.4 Å². The SMILES string of the molecule is COc1cc(CC(CN)c2ccc(Cl)cc2)cc(Cl)c1OC. The molecule has 22 heavy (non-hydrogen) atoms. The zero-order chi connectivity index (χ0) is 16.1. The molecule has 2 aromatic rings. The van der Waals surface area contributed by atoms with Crippen molar-refractivity contribution in [3.63, 3.8) is 0 Å². The summed E-state index contributed by atoms with van der Waals surface area (Å²) in [5, 5.41) is 1.25. The Kier molecular flexibility index (Phi) is 5.95. The van der Waals surface area contributed by atoms with E-state index in [0.717, 1.165) is 17.5 Å². The zero-order valence-corrected chi connectivity index (χ0v) is 14.1. The van der Waals surface area contributed by atoms with E-state index in [2.05, 4.69) is 0 Å². The molecule has 2 rings (SSSR count). The van der Waals surface area contributed by atoms with Crippen molar-refractivity contribution in [2.24, 2.45) is 5.73 Å². The Morgan fingerprint density at radius 3 is 2.27 bits per heavy atom. The fourth-order valence-corrected chi connectivity index (χ4v) is 2.88. The van der Waals surface area contributed by atoms with Gasteiger partial charge in [-0.1, -0.05) is 35.3 Å². The predicted molar refractivity (Wildman–Crippen MR) is 91.5 cm³/mol. The Morgan fingerprint density at radius 1 is 1.05 bits per heavy atom. The van der Waals surface area contributed by atoms with Crippen molar-refractivity contribution in [2.45, 2.75) is 12.3 Å². The second kappa shape index (κ2) is 7.73. The number of benzene rings is 2. The third-order valence-corrected chi connectivity index (χ3v) is 4.13. The molecule has 3 nitrogen and oxygen atoms in total. The van der Waals surface area contributed by atoms with Gasteiger partial charge in [0.15, 0.2) is 11.5 Å². The smallest absolute Gasteiger partial charge is 0.179 e. The monoisotopic (exact) mass is 339 g/mol. The first-order chi connectivity index (χ1) is 10.6. The van der Waals surface area contributed by atoms with E-state index in [0.29, 0.717) is 28.1 Å². The largest absolute Gasteiger partial charge is 0.493 e. The summed E-state index contributed by atoms with van der Waals surface area (Å²) in [4.78, 5) is 0. The molecule has 0 radical (unpaired) electrons. The average molecular weight is 340 g/mol. The number of ether oxygens (including phenoxy) is 2. The summed E-state index contributed by atoms with van der Waals surface area (Å²) in [6, 6.07) is 11.6. The van der Waals surface area contributed by atoms with E-state index >= 15 is 0 Å². The maximum atomic E-state index is 6.25. The summed E-state index contributed by atoms with van der Waals surface area (Å²) in [7, 11) is 3.16. The lowest BCUT2D eigenvalue weighted by Crippen LogP contribution is -2.15. The molecule has 2 aromatic carbocycles. The summed E-state index contributed by atoms with van der Waals surface area (Å²) in [6.07, 6.45) is 0.762. The van der Waals surface area contributed by atoms with Gasteiger partial charge in [0.25, 0.3) is 0 Å². The van der Waals surface area contributed by atoms with Gasteiger partial charge in [0.2, 0.25) is 0 Å². The molecular weight excluding hydrogens is 321 g/mol. The number of rotatable bonds is 6. The molecule has 0 aromatic heterocycles. The molecule has 0 aliphatic heterocycles. The molecule has 1 unspecified atom stereocenters. The van der Waals surface area contributed by atoms with Gasteiger partial charge in [-0.05, 0) is 48.4 Å². The Balaban J connectivity index is 2.28. The van der Waals surface area contributed by atoms with Crippen LogP contribution >= 0.6 is 23.2 Å². The minimum absolute atomic E-state index is 0.187. The number of methoxy groups -OCH3 is 2. The lowest BCUT2D eigenvalue weighted by Gasteiger charge is -2.17. The van der Waals surface area contributed by atoms with Gasteiger partial charge in [-0.25, -0.2) is 0 Å². The van der Waals surface area contributed by atoms with Crippen LogP contribution in [0.1, 0.15) is 17.0 Å². The van der Waals surface area contributed by atoms with Gasteiger partial charge >= 0.3 is 0 Å². The van der Waals surface area contributed by atoms with Crippen LogP contribution in [0, 0.1) is 0 Å². The Hall–Kier alpha value is -1.42. The van der Waals surface area contributed by atoms with Crippen molar-refractivity contribution in [1.82, 2.24) is 0 Å². The van der Waals surface area contributed by atoms with Crippen LogP contribution in [0.15, 0.2) is 36.4 Å².